The summed E-state index contributed by atoms with van der Waals surface area (Å²) < 4.78 is 54.2. The van der Waals surface area contributed by atoms with Crippen LogP contribution in [-0.4, -0.2) is 12.3 Å². The SMILES string of the molecule is CC(OCc1cc(F)cc(Br)c1)C(F)(F)F. The van der Waals surface area contributed by atoms with Crippen LogP contribution in [-0.2, 0) is 11.3 Å². The van der Waals surface area contributed by atoms with Gasteiger partial charge < -0.3 is 4.74 Å². The van der Waals surface area contributed by atoms with E-state index in [4.69, 9.17) is 0 Å². The van der Waals surface area contributed by atoms with Gasteiger partial charge in [-0.15, -0.1) is 0 Å². The van der Waals surface area contributed by atoms with Crippen molar-refractivity contribution < 1.29 is 22.3 Å². The number of benzene rings is 1. The number of hydrogen-bond donors (Lipinski definition) is 0. The van der Waals surface area contributed by atoms with Crippen LogP contribution in [0.5, 0.6) is 0 Å². The van der Waals surface area contributed by atoms with Gasteiger partial charge in [0, 0.05) is 4.47 Å². The Kier molecular flexibility index (Phi) is 4.32. The summed E-state index contributed by atoms with van der Waals surface area (Å²) in [4.78, 5) is 0. The van der Waals surface area contributed by atoms with Crippen molar-refractivity contribution in [3.63, 3.8) is 0 Å². The van der Waals surface area contributed by atoms with Crippen molar-refractivity contribution in [1.82, 2.24) is 0 Å². The third-order valence-corrected chi connectivity index (χ3v) is 2.34. The van der Waals surface area contributed by atoms with Gasteiger partial charge in [0.25, 0.3) is 0 Å². The monoisotopic (exact) mass is 300 g/mol. The summed E-state index contributed by atoms with van der Waals surface area (Å²) in [6.45, 7) is 0.630. The Morgan fingerprint density at radius 2 is 1.94 bits per heavy atom. The summed E-state index contributed by atoms with van der Waals surface area (Å²) in [5.74, 6) is -0.521. The van der Waals surface area contributed by atoms with E-state index in [0.29, 0.717) is 10.0 Å². The molecule has 90 valence electrons. The van der Waals surface area contributed by atoms with Gasteiger partial charge >= 0.3 is 6.18 Å². The number of hydrogen-bond acceptors (Lipinski definition) is 1. The maximum Gasteiger partial charge on any atom is 0.414 e. The van der Waals surface area contributed by atoms with Gasteiger partial charge in [-0.1, -0.05) is 15.9 Å². The highest BCUT2D eigenvalue weighted by Crippen LogP contribution is 2.24. The second kappa shape index (κ2) is 5.14. The normalized spacial score (nSPS) is 13.9. The lowest BCUT2D eigenvalue weighted by Gasteiger charge is -2.16. The van der Waals surface area contributed by atoms with Crippen LogP contribution in [0.15, 0.2) is 22.7 Å². The van der Waals surface area contributed by atoms with Crippen molar-refractivity contribution >= 4 is 15.9 Å². The molecular weight excluding hydrogens is 292 g/mol. The molecular formula is C10H9BrF4O. The maximum atomic E-state index is 12.9. The third kappa shape index (κ3) is 4.09. The zero-order valence-electron chi connectivity index (χ0n) is 8.31. The Bertz CT molecular complexity index is 344. The average Bonchev–Trinajstić information content (AvgIpc) is 2.11. The van der Waals surface area contributed by atoms with Gasteiger partial charge in [-0.25, -0.2) is 4.39 Å². The molecule has 6 heteroatoms. The van der Waals surface area contributed by atoms with Crippen LogP contribution in [0.1, 0.15) is 12.5 Å². The zero-order valence-corrected chi connectivity index (χ0v) is 9.90. The minimum Gasteiger partial charge on any atom is -0.364 e. The fraction of sp³-hybridized carbons (Fsp3) is 0.400. The minimum absolute atomic E-state index is 0.281. The summed E-state index contributed by atoms with van der Waals surface area (Å²) in [5.41, 5.74) is 0.350. The quantitative estimate of drug-likeness (QED) is 0.765. The molecule has 1 aromatic rings. The van der Waals surface area contributed by atoms with Crippen LogP contribution in [0, 0.1) is 5.82 Å². The molecule has 0 aliphatic heterocycles. The summed E-state index contributed by atoms with van der Waals surface area (Å²) in [6.07, 6.45) is -6.26. The molecule has 0 saturated heterocycles. The van der Waals surface area contributed by atoms with Crippen LogP contribution in [0.4, 0.5) is 17.6 Å². The van der Waals surface area contributed by atoms with Crippen molar-refractivity contribution in [3.05, 3.63) is 34.1 Å². The minimum atomic E-state index is -4.40. The van der Waals surface area contributed by atoms with Crippen LogP contribution < -0.4 is 0 Å². The van der Waals surface area contributed by atoms with Gasteiger partial charge in [0.05, 0.1) is 6.61 Å². The summed E-state index contributed by atoms with van der Waals surface area (Å²) in [7, 11) is 0. The molecule has 1 atom stereocenters. The standard InChI is InChI=1S/C10H9BrF4O/c1-6(10(13,14)15)16-5-7-2-8(11)4-9(12)3-7/h2-4,6H,5H2,1H3. The van der Waals surface area contributed by atoms with Gasteiger partial charge in [-0.2, -0.15) is 13.2 Å². The van der Waals surface area contributed by atoms with Gasteiger partial charge in [0.2, 0.25) is 0 Å². The Balaban J connectivity index is 2.61. The number of halogens is 5. The predicted octanol–water partition coefficient (Wildman–Crippen LogP) is 4.06. The number of alkyl halides is 3. The molecule has 0 heterocycles. The first kappa shape index (κ1) is 13.4. The number of ether oxygens (including phenoxy) is 1. The molecule has 0 aliphatic rings. The lowest BCUT2D eigenvalue weighted by molar-refractivity contribution is -0.217. The highest BCUT2D eigenvalue weighted by Gasteiger charge is 2.36. The topological polar surface area (TPSA) is 9.23 Å². The van der Waals surface area contributed by atoms with Crippen molar-refractivity contribution in [2.75, 3.05) is 0 Å². The van der Waals surface area contributed by atoms with Crippen molar-refractivity contribution in [2.45, 2.75) is 25.8 Å². The molecule has 16 heavy (non-hydrogen) atoms. The van der Waals surface area contributed by atoms with Crippen LogP contribution >= 0.6 is 15.9 Å². The summed E-state index contributed by atoms with van der Waals surface area (Å²) in [6, 6.07) is 3.86. The molecule has 0 radical (unpaired) electrons. The average molecular weight is 301 g/mol. The Labute approximate surface area is 98.5 Å². The van der Waals surface area contributed by atoms with Gasteiger partial charge in [-0.05, 0) is 30.7 Å². The first-order chi connectivity index (χ1) is 7.29. The second-order valence-electron chi connectivity index (χ2n) is 3.27. The van der Waals surface area contributed by atoms with E-state index in [0.717, 1.165) is 13.0 Å². The Morgan fingerprint density at radius 3 is 2.44 bits per heavy atom. The molecule has 1 aromatic carbocycles. The smallest absolute Gasteiger partial charge is 0.364 e. The van der Waals surface area contributed by atoms with E-state index in [1.807, 2.05) is 0 Å². The van der Waals surface area contributed by atoms with E-state index in [-0.39, 0.29) is 6.61 Å². The van der Waals surface area contributed by atoms with E-state index >= 15 is 0 Å². The first-order valence-corrected chi connectivity index (χ1v) is 5.21. The molecule has 0 saturated carbocycles. The summed E-state index contributed by atoms with van der Waals surface area (Å²) in [5, 5.41) is 0. The van der Waals surface area contributed by atoms with E-state index in [9.17, 15) is 17.6 Å². The van der Waals surface area contributed by atoms with Crippen molar-refractivity contribution in [3.8, 4) is 0 Å². The molecule has 0 bridgehead atoms. The fourth-order valence-corrected chi connectivity index (χ4v) is 1.52. The fourth-order valence-electron chi connectivity index (χ4n) is 1.01. The van der Waals surface area contributed by atoms with Crippen LogP contribution in [0.2, 0.25) is 0 Å². The molecule has 0 fully saturated rings. The lowest BCUT2D eigenvalue weighted by Crippen LogP contribution is -2.28. The molecule has 0 N–H and O–H groups in total. The molecule has 1 rings (SSSR count). The van der Waals surface area contributed by atoms with Crippen molar-refractivity contribution in [2.24, 2.45) is 0 Å². The van der Waals surface area contributed by atoms with Gasteiger partial charge in [0.15, 0.2) is 6.10 Å². The van der Waals surface area contributed by atoms with E-state index in [1.54, 1.807) is 0 Å². The molecule has 0 aliphatic carbocycles. The Hall–Kier alpha value is -0.620. The Morgan fingerprint density at radius 1 is 1.31 bits per heavy atom. The van der Waals surface area contributed by atoms with Gasteiger partial charge in [-0.3, -0.25) is 0 Å². The molecule has 0 amide bonds. The predicted molar refractivity (Wildman–Crippen MR) is 54.4 cm³/mol. The zero-order chi connectivity index (χ0) is 12.3. The van der Waals surface area contributed by atoms with Crippen LogP contribution in [0.25, 0.3) is 0 Å². The van der Waals surface area contributed by atoms with Crippen LogP contribution in [0.3, 0.4) is 0 Å². The van der Waals surface area contributed by atoms with E-state index in [2.05, 4.69) is 20.7 Å². The molecule has 0 spiro atoms. The van der Waals surface area contributed by atoms with Gasteiger partial charge in [0.1, 0.15) is 5.82 Å². The first-order valence-electron chi connectivity index (χ1n) is 4.42. The third-order valence-electron chi connectivity index (χ3n) is 1.88. The number of rotatable bonds is 3. The largest absolute Gasteiger partial charge is 0.414 e. The van der Waals surface area contributed by atoms with Crippen molar-refractivity contribution in [1.29, 1.82) is 0 Å². The molecule has 0 aromatic heterocycles. The molecule has 1 unspecified atom stereocenters. The lowest BCUT2D eigenvalue weighted by atomic mass is 10.2. The van der Waals surface area contributed by atoms with E-state index in [1.165, 1.54) is 12.1 Å². The maximum absolute atomic E-state index is 12.9. The summed E-state index contributed by atoms with van der Waals surface area (Å²) >= 11 is 3.04. The van der Waals surface area contributed by atoms with E-state index < -0.39 is 18.1 Å². The highest BCUT2D eigenvalue weighted by atomic mass is 79.9. The second-order valence-corrected chi connectivity index (χ2v) is 4.19. The highest BCUT2D eigenvalue weighted by molar-refractivity contribution is 9.10. The molecule has 1 nitrogen and oxygen atoms in total.